The SMILES string of the molecule is Cc1nc2c(nc1NC(=O)c1ccccc1)CCc1cc(CO)ccc1-2. The summed E-state index contributed by atoms with van der Waals surface area (Å²) in [5, 5.41) is 12.2. The smallest absolute Gasteiger partial charge is 0.256 e. The largest absolute Gasteiger partial charge is 0.392 e. The molecule has 0 unspecified atom stereocenters. The normalized spacial score (nSPS) is 12.2. The fourth-order valence-electron chi connectivity index (χ4n) is 3.27. The predicted octanol–water partition coefficient (Wildman–Crippen LogP) is 3.30. The fraction of sp³-hybridized carbons (Fsp3) is 0.190. The molecule has 3 aromatic rings. The quantitative estimate of drug-likeness (QED) is 0.764. The van der Waals surface area contributed by atoms with Crippen LogP contribution < -0.4 is 5.32 Å². The molecule has 0 radical (unpaired) electrons. The molecule has 1 heterocycles. The van der Waals surface area contributed by atoms with E-state index in [0.29, 0.717) is 17.1 Å². The third-order valence-electron chi connectivity index (χ3n) is 4.65. The van der Waals surface area contributed by atoms with Gasteiger partial charge >= 0.3 is 0 Å². The van der Waals surface area contributed by atoms with E-state index in [2.05, 4.69) is 10.3 Å². The van der Waals surface area contributed by atoms with Gasteiger partial charge in [-0.3, -0.25) is 4.79 Å². The molecule has 5 nitrogen and oxygen atoms in total. The van der Waals surface area contributed by atoms with Crippen molar-refractivity contribution in [2.45, 2.75) is 26.4 Å². The van der Waals surface area contributed by atoms with E-state index in [9.17, 15) is 9.90 Å². The molecule has 0 bridgehead atoms. The number of benzene rings is 2. The molecule has 130 valence electrons. The minimum absolute atomic E-state index is 0.0370. The molecule has 1 aromatic heterocycles. The highest BCUT2D eigenvalue weighted by atomic mass is 16.3. The van der Waals surface area contributed by atoms with Crippen molar-refractivity contribution in [3.05, 3.63) is 76.6 Å². The van der Waals surface area contributed by atoms with E-state index in [1.807, 2.05) is 43.3 Å². The number of hydrogen-bond acceptors (Lipinski definition) is 4. The first-order valence-electron chi connectivity index (χ1n) is 8.62. The van der Waals surface area contributed by atoms with E-state index in [4.69, 9.17) is 4.98 Å². The maximum atomic E-state index is 12.4. The molecule has 0 spiro atoms. The molecule has 1 aliphatic carbocycles. The number of fused-ring (bicyclic) bond motifs is 3. The summed E-state index contributed by atoms with van der Waals surface area (Å²) in [5.74, 6) is 0.319. The highest BCUT2D eigenvalue weighted by Crippen LogP contribution is 2.33. The van der Waals surface area contributed by atoms with Crippen LogP contribution in [0, 0.1) is 6.92 Å². The Kier molecular flexibility index (Phi) is 4.22. The molecule has 0 saturated heterocycles. The second-order valence-electron chi connectivity index (χ2n) is 6.42. The van der Waals surface area contributed by atoms with Crippen LogP contribution in [0.5, 0.6) is 0 Å². The number of aliphatic hydroxyl groups excluding tert-OH is 1. The molecule has 1 amide bonds. The van der Waals surface area contributed by atoms with Gasteiger partial charge in [-0.15, -0.1) is 0 Å². The fourth-order valence-corrected chi connectivity index (χ4v) is 3.27. The van der Waals surface area contributed by atoms with Crippen LogP contribution in [0.3, 0.4) is 0 Å². The Morgan fingerprint density at radius 1 is 1.12 bits per heavy atom. The van der Waals surface area contributed by atoms with Crippen LogP contribution in [0.2, 0.25) is 0 Å². The molecule has 26 heavy (non-hydrogen) atoms. The summed E-state index contributed by atoms with van der Waals surface area (Å²) in [4.78, 5) is 21.8. The van der Waals surface area contributed by atoms with Crippen LogP contribution in [-0.4, -0.2) is 21.0 Å². The minimum Gasteiger partial charge on any atom is -0.392 e. The number of hydrogen-bond donors (Lipinski definition) is 2. The number of anilines is 1. The van der Waals surface area contributed by atoms with Crippen LogP contribution in [0.4, 0.5) is 5.82 Å². The van der Waals surface area contributed by atoms with E-state index in [-0.39, 0.29) is 12.5 Å². The summed E-state index contributed by atoms with van der Waals surface area (Å²) in [6, 6.07) is 15.0. The molecule has 1 aliphatic rings. The van der Waals surface area contributed by atoms with Crippen molar-refractivity contribution in [3.8, 4) is 11.3 Å². The monoisotopic (exact) mass is 345 g/mol. The molecule has 2 aromatic carbocycles. The third-order valence-corrected chi connectivity index (χ3v) is 4.65. The Balaban J connectivity index is 1.68. The Morgan fingerprint density at radius 2 is 1.92 bits per heavy atom. The lowest BCUT2D eigenvalue weighted by molar-refractivity contribution is 0.102. The average Bonchev–Trinajstić information content (AvgIpc) is 2.68. The van der Waals surface area contributed by atoms with Gasteiger partial charge in [0.2, 0.25) is 0 Å². The Hall–Kier alpha value is -3.05. The minimum atomic E-state index is -0.188. The van der Waals surface area contributed by atoms with E-state index in [1.165, 1.54) is 5.56 Å². The lowest BCUT2D eigenvalue weighted by Crippen LogP contribution is -2.17. The number of nitrogens with zero attached hydrogens (tertiary/aromatic N) is 2. The first kappa shape index (κ1) is 16.4. The zero-order valence-electron chi connectivity index (χ0n) is 14.5. The maximum Gasteiger partial charge on any atom is 0.256 e. The number of carbonyl (C=O) groups excluding carboxylic acids is 1. The molecular weight excluding hydrogens is 326 g/mol. The van der Waals surface area contributed by atoms with Gasteiger partial charge in [-0.25, -0.2) is 9.97 Å². The maximum absolute atomic E-state index is 12.4. The van der Waals surface area contributed by atoms with E-state index >= 15 is 0 Å². The molecule has 0 saturated carbocycles. The second-order valence-corrected chi connectivity index (χ2v) is 6.42. The van der Waals surface area contributed by atoms with Crippen molar-refractivity contribution in [3.63, 3.8) is 0 Å². The van der Waals surface area contributed by atoms with Crippen molar-refractivity contribution in [1.82, 2.24) is 9.97 Å². The summed E-state index contributed by atoms with van der Waals surface area (Å²) in [5.41, 5.74) is 6.18. The van der Waals surface area contributed by atoms with Gasteiger partial charge < -0.3 is 10.4 Å². The van der Waals surface area contributed by atoms with Crippen LogP contribution in [0.25, 0.3) is 11.3 Å². The van der Waals surface area contributed by atoms with Crippen molar-refractivity contribution >= 4 is 11.7 Å². The number of rotatable bonds is 3. The molecular formula is C21H19N3O2. The van der Waals surface area contributed by atoms with Crippen molar-refractivity contribution in [1.29, 1.82) is 0 Å². The van der Waals surface area contributed by atoms with Gasteiger partial charge in [0.25, 0.3) is 5.91 Å². The Morgan fingerprint density at radius 3 is 2.69 bits per heavy atom. The van der Waals surface area contributed by atoms with Gasteiger partial charge in [-0.1, -0.05) is 36.4 Å². The molecule has 5 heteroatoms. The lowest BCUT2D eigenvalue weighted by atomic mass is 9.90. The summed E-state index contributed by atoms with van der Waals surface area (Å²) in [6.45, 7) is 1.89. The predicted molar refractivity (Wildman–Crippen MR) is 99.9 cm³/mol. The van der Waals surface area contributed by atoms with Gasteiger partial charge in [-0.05, 0) is 43.0 Å². The summed E-state index contributed by atoms with van der Waals surface area (Å²) in [7, 11) is 0. The molecule has 0 aliphatic heterocycles. The Bertz CT molecular complexity index is 984. The molecule has 0 fully saturated rings. The number of aliphatic hydroxyl groups is 1. The lowest BCUT2D eigenvalue weighted by Gasteiger charge is -2.20. The molecule has 2 N–H and O–H groups in total. The van der Waals surface area contributed by atoms with E-state index in [1.54, 1.807) is 12.1 Å². The van der Waals surface area contributed by atoms with E-state index < -0.39 is 0 Å². The highest BCUT2D eigenvalue weighted by Gasteiger charge is 2.21. The van der Waals surface area contributed by atoms with Crippen molar-refractivity contribution < 1.29 is 9.90 Å². The molecule has 4 rings (SSSR count). The first-order chi connectivity index (χ1) is 12.7. The van der Waals surface area contributed by atoms with Crippen molar-refractivity contribution in [2.24, 2.45) is 0 Å². The topological polar surface area (TPSA) is 75.1 Å². The van der Waals surface area contributed by atoms with Crippen LogP contribution in [-0.2, 0) is 19.4 Å². The van der Waals surface area contributed by atoms with Gasteiger partial charge in [0, 0.05) is 11.1 Å². The second kappa shape index (κ2) is 6.69. The number of carbonyl (C=O) groups is 1. The zero-order valence-corrected chi connectivity index (χ0v) is 14.5. The van der Waals surface area contributed by atoms with Gasteiger partial charge in [0.15, 0.2) is 5.82 Å². The average molecular weight is 345 g/mol. The van der Waals surface area contributed by atoms with Crippen molar-refractivity contribution in [2.75, 3.05) is 5.32 Å². The number of aromatic nitrogens is 2. The third kappa shape index (κ3) is 2.97. The van der Waals surface area contributed by atoms with Gasteiger partial charge in [-0.2, -0.15) is 0 Å². The summed E-state index contributed by atoms with van der Waals surface area (Å²) >= 11 is 0. The number of nitrogens with one attached hydrogen (secondary N) is 1. The number of amides is 1. The summed E-state index contributed by atoms with van der Waals surface area (Å²) < 4.78 is 0. The standard InChI is InChI=1S/C21H19N3O2/c1-13-20(24-21(26)15-5-3-2-4-6-15)23-18-10-8-16-11-14(12-25)7-9-17(16)19(18)22-13/h2-7,9,11,25H,8,10,12H2,1H3,(H,23,24,26). The van der Waals surface area contributed by atoms with Gasteiger partial charge in [0.1, 0.15) is 0 Å². The summed E-state index contributed by atoms with van der Waals surface area (Å²) in [6.07, 6.45) is 1.61. The highest BCUT2D eigenvalue weighted by molar-refractivity contribution is 6.04. The van der Waals surface area contributed by atoms with Crippen LogP contribution in [0.1, 0.15) is 32.9 Å². The van der Waals surface area contributed by atoms with Gasteiger partial charge in [0.05, 0.1) is 23.7 Å². The Labute approximate surface area is 151 Å². The molecule has 0 atom stereocenters. The number of aryl methyl sites for hydroxylation is 3. The zero-order chi connectivity index (χ0) is 18.1. The van der Waals surface area contributed by atoms with E-state index in [0.717, 1.165) is 35.4 Å². The van der Waals surface area contributed by atoms with Crippen LogP contribution >= 0.6 is 0 Å². The van der Waals surface area contributed by atoms with Crippen LogP contribution in [0.15, 0.2) is 48.5 Å². The first-order valence-corrected chi connectivity index (χ1v) is 8.62.